The number of rotatable bonds is 1. The number of carbonyl (C=O) groups excluding carboxylic acids is 1. The molecule has 1 fully saturated rings. The zero-order valence-corrected chi connectivity index (χ0v) is 12.4. The number of hydrogen-bond acceptors (Lipinski definition) is 4. The van der Waals surface area contributed by atoms with E-state index >= 15 is 0 Å². The Hall–Kier alpha value is -1.59. The third-order valence-corrected chi connectivity index (χ3v) is 4.72. The third kappa shape index (κ3) is 2.39. The van der Waals surface area contributed by atoms with Crippen LogP contribution in [-0.2, 0) is 4.74 Å². The van der Waals surface area contributed by atoms with Crippen molar-refractivity contribution < 1.29 is 9.53 Å². The van der Waals surface area contributed by atoms with Crippen LogP contribution in [0.4, 0.5) is 5.69 Å². The van der Waals surface area contributed by atoms with Gasteiger partial charge in [-0.05, 0) is 43.5 Å². The summed E-state index contributed by atoms with van der Waals surface area (Å²) in [6, 6.07) is 7.80. The van der Waals surface area contributed by atoms with E-state index in [1.807, 2.05) is 43.0 Å². The summed E-state index contributed by atoms with van der Waals surface area (Å²) in [6.45, 7) is 5.27. The molecule has 1 aliphatic heterocycles. The van der Waals surface area contributed by atoms with E-state index < -0.39 is 0 Å². The van der Waals surface area contributed by atoms with E-state index in [0.29, 0.717) is 13.2 Å². The zero-order chi connectivity index (χ0) is 14.3. The van der Waals surface area contributed by atoms with Gasteiger partial charge in [-0.3, -0.25) is 4.79 Å². The molecule has 2 atom stereocenters. The Kier molecular flexibility index (Phi) is 3.40. The van der Waals surface area contributed by atoms with Crippen molar-refractivity contribution in [3.8, 4) is 0 Å². The molecule has 1 aromatic carbocycles. The topological polar surface area (TPSA) is 55.6 Å². The summed E-state index contributed by atoms with van der Waals surface area (Å²) < 4.78 is 6.67. The van der Waals surface area contributed by atoms with E-state index in [4.69, 9.17) is 10.5 Å². The van der Waals surface area contributed by atoms with Crippen LogP contribution >= 0.6 is 11.3 Å². The molecule has 1 aromatic heterocycles. The number of morpholine rings is 1. The van der Waals surface area contributed by atoms with E-state index in [9.17, 15) is 4.79 Å². The molecule has 20 heavy (non-hydrogen) atoms. The number of nitrogens with two attached hydrogens (primary N) is 1. The van der Waals surface area contributed by atoms with Crippen molar-refractivity contribution >= 4 is 33.0 Å². The lowest BCUT2D eigenvalue weighted by Crippen LogP contribution is -2.50. The number of hydrogen-bond donors (Lipinski definition) is 1. The van der Waals surface area contributed by atoms with Gasteiger partial charge in [0.15, 0.2) is 0 Å². The van der Waals surface area contributed by atoms with Crippen LogP contribution in [-0.4, -0.2) is 36.1 Å². The van der Waals surface area contributed by atoms with Crippen molar-refractivity contribution in [1.82, 2.24) is 4.90 Å². The predicted octanol–water partition coefficient (Wildman–Crippen LogP) is 2.73. The quantitative estimate of drug-likeness (QED) is 0.822. The standard InChI is InChI=1S/C15H18N2O2S/c1-9-8-19-10(2)7-17(9)15(18)14-6-11-5-12(16)3-4-13(11)20-14/h3-6,9-10H,7-8,16H2,1-2H3. The third-order valence-electron chi connectivity index (χ3n) is 3.62. The van der Waals surface area contributed by atoms with Gasteiger partial charge in [0.05, 0.1) is 23.6 Å². The van der Waals surface area contributed by atoms with Gasteiger partial charge in [-0.1, -0.05) is 0 Å². The SMILES string of the molecule is CC1CN(C(=O)c2cc3cc(N)ccc3s2)C(C)CO1. The van der Waals surface area contributed by atoms with Gasteiger partial charge in [-0.2, -0.15) is 0 Å². The number of carbonyl (C=O) groups is 1. The van der Waals surface area contributed by atoms with Crippen LogP contribution in [0.15, 0.2) is 24.3 Å². The molecular weight excluding hydrogens is 272 g/mol. The Bertz CT molecular complexity index is 652. The van der Waals surface area contributed by atoms with Gasteiger partial charge >= 0.3 is 0 Å². The molecule has 1 amide bonds. The molecule has 5 heteroatoms. The molecule has 4 nitrogen and oxygen atoms in total. The van der Waals surface area contributed by atoms with Crippen LogP contribution in [0.25, 0.3) is 10.1 Å². The van der Waals surface area contributed by atoms with Crippen LogP contribution < -0.4 is 5.73 Å². The zero-order valence-electron chi connectivity index (χ0n) is 11.6. The maximum Gasteiger partial charge on any atom is 0.264 e. The lowest BCUT2D eigenvalue weighted by molar-refractivity contribution is -0.0385. The highest BCUT2D eigenvalue weighted by Gasteiger charge is 2.29. The maximum atomic E-state index is 12.7. The number of anilines is 1. The van der Waals surface area contributed by atoms with E-state index in [-0.39, 0.29) is 18.1 Å². The first-order chi connectivity index (χ1) is 9.54. The summed E-state index contributed by atoms with van der Waals surface area (Å²) in [6.07, 6.45) is 0.0974. The Labute approximate surface area is 122 Å². The lowest BCUT2D eigenvalue weighted by Gasteiger charge is -2.36. The number of benzene rings is 1. The summed E-state index contributed by atoms with van der Waals surface area (Å²) in [5, 5.41) is 1.03. The van der Waals surface area contributed by atoms with Gasteiger partial charge in [0.1, 0.15) is 0 Å². The van der Waals surface area contributed by atoms with E-state index in [1.165, 1.54) is 11.3 Å². The Morgan fingerprint density at radius 1 is 1.40 bits per heavy atom. The summed E-state index contributed by atoms with van der Waals surface area (Å²) in [5.74, 6) is 0.0902. The summed E-state index contributed by atoms with van der Waals surface area (Å²) in [4.78, 5) is 15.3. The minimum Gasteiger partial charge on any atom is -0.399 e. The normalized spacial score (nSPS) is 23.2. The molecule has 3 rings (SSSR count). The van der Waals surface area contributed by atoms with Gasteiger partial charge in [0.2, 0.25) is 0 Å². The second-order valence-corrected chi connectivity index (χ2v) is 6.44. The van der Waals surface area contributed by atoms with Crippen molar-refractivity contribution in [3.63, 3.8) is 0 Å². The second-order valence-electron chi connectivity index (χ2n) is 5.36. The number of thiophene rings is 1. The monoisotopic (exact) mass is 290 g/mol. The molecule has 0 radical (unpaired) electrons. The molecule has 2 heterocycles. The van der Waals surface area contributed by atoms with Gasteiger partial charge in [-0.15, -0.1) is 11.3 Å². The Morgan fingerprint density at radius 3 is 3.00 bits per heavy atom. The molecular formula is C15H18N2O2S. The summed E-state index contributed by atoms with van der Waals surface area (Å²) in [7, 11) is 0. The van der Waals surface area contributed by atoms with Crippen molar-refractivity contribution in [2.24, 2.45) is 0 Å². The summed E-state index contributed by atoms with van der Waals surface area (Å²) >= 11 is 1.52. The van der Waals surface area contributed by atoms with Crippen molar-refractivity contribution in [2.45, 2.75) is 26.0 Å². The number of nitrogens with zero attached hydrogens (tertiary/aromatic N) is 1. The molecule has 2 N–H and O–H groups in total. The highest BCUT2D eigenvalue weighted by molar-refractivity contribution is 7.20. The molecule has 106 valence electrons. The summed E-state index contributed by atoms with van der Waals surface area (Å²) in [5.41, 5.74) is 6.51. The fourth-order valence-electron chi connectivity index (χ4n) is 2.49. The first-order valence-electron chi connectivity index (χ1n) is 6.76. The fourth-order valence-corrected chi connectivity index (χ4v) is 3.49. The number of fused-ring (bicyclic) bond motifs is 1. The molecule has 2 unspecified atom stereocenters. The van der Waals surface area contributed by atoms with Gasteiger partial charge < -0.3 is 15.4 Å². The molecule has 2 aromatic rings. The van der Waals surface area contributed by atoms with E-state index in [2.05, 4.69) is 0 Å². The molecule has 1 saturated heterocycles. The van der Waals surface area contributed by atoms with Crippen LogP contribution in [0.3, 0.4) is 0 Å². The lowest BCUT2D eigenvalue weighted by atomic mass is 10.2. The largest absolute Gasteiger partial charge is 0.399 e. The number of nitrogen functional groups attached to an aromatic ring is 1. The van der Waals surface area contributed by atoms with Gasteiger partial charge in [0.25, 0.3) is 5.91 Å². The molecule has 1 aliphatic rings. The minimum absolute atomic E-state index is 0.0902. The van der Waals surface area contributed by atoms with Gasteiger partial charge in [-0.25, -0.2) is 0 Å². The number of amides is 1. The van der Waals surface area contributed by atoms with E-state index in [1.54, 1.807) is 0 Å². The second kappa shape index (κ2) is 5.07. The smallest absolute Gasteiger partial charge is 0.264 e. The first-order valence-corrected chi connectivity index (χ1v) is 7.58. The van der Waals surface area contributed by atoms with Crippen LogP contribution in [0.2, 0.25) is 0 Å². The highest BCUT2D eigenvalue weighted by atomic mass is 32.1. The van der Waals surface area contributed by atoms with Gasteiger partial charge in [0, 0.05) is 16.9 Å². The fraction of sp³-hybridized carbons (Fsp3) is 0.400. The maximum absolute atomic E-state index is 12.7. The average molecular weight is 290 g/mol. The first kappa shape index (κ1) is 13.4. The highest BCUT2D eigenvalue weighted by Crippen LogP contribution is 2.29. The molecule has 0 bridgehead atoms. The van der Waals surface area contributed by atoms with Crippen molar-refractivity contribution in [3.05, 3.63) is 29.1 Å². The van der Waals surface area contributed by atoms with E-state index in [0.717, 1.165) is 20.7 Å². The number of ether oxygens (including phenoxy) is 1. The molecule has 0 saturated carbocycles. The van der Waals surface area contributed by atoms with Crippen LogP contribution in [0.5, 0.6) is 0 Å². The van der Waals surface area contributed by atoms with Crippen molar-refractivity contribution in [1.29, 1.82) is 0 Å². The minimum atomic E-state index is 0.0902. The van der Waals surface area contributed by atoms with Crippen molar-refractivity contribution in [2.75, 3.05) is 18.9 Å². The molecule has 0 spiro atoms. The predicted molar refractivity (Wildman–Crippen MR) is 82.1 cm³/mol. The molecule has 0 aliphatic carbocycles. The Morgan fingerprint density at radius 2 is 2.20 bits per heavy atom. The van der Waals surface area contributed by atoms with Crippen LogP contribution in [0, 0.1) is 0 Å². The average Bonchev–Trinajstić information content (AvgIpc) is 2.83. The Balaban J connectivity index is 1.91. The van der Waals surface area contributed by atoms with Crippen LogP contribution in [0.1, 0.15) is 23.5 Å².